The quantitative estimate of drug-likeness (QED) is 0.222. The number of carbonyl (C=O) groups is 1. The lowest BCUT2D eigenvalue weighted by Crippen LogP contribution is -2.64. The van der Waals surface area contributed by atoms with Crippen LogP contribution in [-0.2, 0) is 71.1 Å². The number of fused-ring (bicyclic) bond motifs is 11. The van der Waals surface area contributed by atoms with E-state index in [1.54, 1.807) is 0 Å². The third kappa shape index (κ3) is 9.08. The first-order valence-electron chi connectivity index (χ1n) is 30.7. The monoisotopic (exact) mass is 1110 g/mol. The molecule has 0 aromatic carbocycles. The highest BCUT2D eigenvalue weighted by Gasteiger charge is 2.74. The second-order valence-corrected chi connectivity index (χ2v) is 28.1. The van der Waals surface area contributed by atoms with E-state index in [1.807, 2.05) is 0 Å². The number of hydrogen-bond donors (Lipinski definition) is 4. The standard InChI is InChI=1S/C60H86O19/c1-27-13-33-9-10-38-28(2)14-35(66-38)11-12-57-24-47-54(79-57)60(65)20-32-7-8-34(68-52(32)53(78-57)55(60)71-47)15-48(64)72-51-31(5)50-43(69-42(51)17-39(67-33)30(27)4)18-41-44(70-50)22-58(74-41)23-46-49(77-58)29(3)19-59(76-46)26-56(6)21-45(75-59)40(73-56)16-36(62)37(63)25-61/h27,29,31-47,49-55,61-63,65H,2,4,7-26H2,1,3,5-6H3/t27-,29+,31+,32-,33+,34-,35+,36?,37?,38+,39-,40-,41-,42+,43+,44-,45-,46+,47-,49+,50+,51-,52+,53+,54+,55+,56-,57-,58+,59+,60-/m1/s1. The van der Waals surface area contributed by atoms with Gasteiger partial charge in [-0.05, 0) is 87.2 Å². The van der Waals surface area contributed by atoms with Gasteiger partial charge < -0.3 is 86.7 Å². The van der Waals surface area contributed by atoms with E-state index in [2.05, 4.69) is 40.9 Å². The molecule has 16 fully saturated rings. The van der Waals surface area contributed by atoms with Gasteiger partial charge in [0.05, 0.1) is 122 Å². The van der Waals surface area contributed by atoms with Gasteiger partial charge in [-0.15, -0.1) is 0 Å². The van der Waals surface area contributed by atoms with E-state index in [9.17, 15) is 25.2 Å². The molecule has 4 N–H and O–H groups in total. The fourth-order valence-corrected chi connectivity index (χ4v) is 18.7. The van der Waals surface area contributed by atoms with Crippen LogP contribution in [0.4, 0.5) is 0 Å². The number of ether oxygens (including phenoxy) is 14. The Morgan fingerprint density at radius 2 is 1.33 bits per heavy atom. The molecule has 16 aliphatic rings. The summed E-state index contributed by atoms with van der Waals surface area (Å²) in [5.74, 6) is -3.13. The van der Waals surface area contributed by atoms with Crippen LogP contribution in [0, 0.1) is 23.7 Å². The zero-order valence-electron chi connectivity index (χ0n) is 46.5. The lowest BCUT2D eigenvalue weighted by atomic mass is 9.68. The molecule has 15 saturated heterocycles. The molecule has 1 aliphatic carbocycles. The van der Waals surface area contributed by atoms with Crippen molar-refractivity contribution in [2.24, 2.45) is 23.7 Å². The molecule has 19 nitrogen and oxygen atoms in total. The van der Waals surface area contributed by atoms with Crippen LogP contribution >= 0.6 is 0 Å². The average molecular weight is 1110 g/mol. The van der Waals surface area contributed by atoms with Gasteiger partial charge in [0.2, 0.25) is 0 Å². The summed E-state index contributed by atoms with van der Waals surface area (Å²) in [7, 11) is 0. The molecule has 31 atom stereocenters. The summed E-state index contributed by atoms with van der Waals surface area (Å²) < 4.78 is 96.8. The highest BCUT2D eigenvalue weighted by atomic mass is 16.8. The molecule has 14 bridgehead atoms. The van der Waals surface area contributed by atoms with Crippen LogP contribution in [0.25, 0.3) is 0 Å². The minimum Gasteiger partial charge on any atom is -0.459 e. The van der Waals surface area contributed by atoms with E-state index in [0.717, 1.165) is 49.7 Å². The fourth-order valence-electron chi connectivity index (χ4n) is 18.7. The van der Waals surface area contributed by atoms with Crippen LogP contribution in [0.5, 0.6) is 0 Å². The van der Waals surface area contributed by atoms with Crippen molar-refractivity contribution in [3.63, 3.8) is 0 Å². The van der Waals surface area contributed by atoms with Crippen molar-refractivity contribution in [1.29, 1.82) is 0 Å². The molecule has 0 radical (unpaired) electrons. The molecule has 79 heavy (non-hydrogen) atoms. The summed E-state index contributed by atoms with van der Waals surface area (Å²) >= 11 is 0. The first-order valence-corrected chi connectivity index (χ1v) is 30.7. The van der Waals surface area contributed by atoms with Gasteiger partial charge in [-0.3, -0.25) is 4.79 Å². The van der Waals surface area contributed by atoms with E-state index >= 15 is 0 Å². The van der Waals surface area contributed by atoms with Crippen LogP contribution in [-0.4, -0.2) is 196 Å². The molecule has 0 amide bonds. The largest absolute Gasteiger partial charge is 0.459 e. The molecule has 440 valence electrons. The maximum atomic E-state index is 14.6. The van der Waals surface area contributed by atoms with Crippen molar-refractivity contribution >= 4 is 5.97 Å². The van der Waals surface area contributed by atoms with Crippen LogP contribution in [0.3, 0.4) is 0 Å². The van der Waals surface area contributed by atoms with E-state index < -0.39 is 96.2 Å². The topological polar surface area (TPSA) is 227 Å². The second kappa shape index (κ2) is 19.4. The maximum absolute atomic E-state index is 14.6. The zero-order valence-corrected chi connectivity index (χ0v) is 46.5. The van der Waals surface area contributed by atoms with Crippen molar-refractivity contribution in [3.05, 3.63) is 24.3 Å². The Bertz CT molecular complexity index is 2390. The number of aliphatic hydroxyl groups is 4. The molecule has 2 unspecified atom stereocenters. The molecule has 0 aromatic rings. The van der Waals surface area contributed by atoms with Gasteiger partial charge in [-0.25, -0.2) is 0 Å². The Morgan fingerprint density at radius 1 is 0.582 bits per heavy atom. The normalized spacial score (nSPS) is 58.0. The third-order valence-corrected chi connectivity index (χ3v) is 22.4. The van der Waals surface area contributed by atoms with Crippen molar-refractivity contribution in [2.45, 2.75) is 313 Å². The molecule has 19 heteroatoms. The summed E-state index contributed by atoms with van der Waals surface area (Å²) in [5, 5.41) is 42.6. The SMILES string of the molecule is C=C1C[C@@H]2CC[C@@]34C[C@H]5O[C@H]6[C@@H](O3)[C@H]3O[C@H](CC[C@@H]3C[C@@]6(O)[C@H]5O4)CC(=O)O[C@@H]3[C@@H](C)[C@@H]4O[C@@H]5C[C@]6(C[C@@H]7O[C@@]8(C[C@H](C)[C@@H]7O6)C[C@@]6(C)C[C@@H](O8)[C@@H](CC(O)C(O)CO)O6)O[C@@H]5C[C@@H]4O[C@H]3C[C@H]3O[C@@H](CC[C@@H]1O2)C[C@@H](C)C3=C. The fraction of sp³-hybridized carbons (Fsp3) is 0.917. The summed E-state index contributed by atoms with van der Waals surface area (Å²) in [6, 6.07) is 0. The maximum Gasteiger partial charge on any atom is 0.308 e. The van der Waals surface area contributed by atoms with Crippen molar-refractivity contribution in [2.75, 3.05) is 6.61 Å². The molecule has 1 saturated carbocycles. The van der Waals surface area contributed by atoms with Crippen molar-refractivity contribution in [3.8, 4) is 0 Å². The van der Waals surface area contributed by atoms with Gasteiger partial charge in [0.25, 0.3) is 0 Å². The lowest BCUT2D eigenvalue weighted by molar-refractivity contribution is -0.336. The molecule has 15 heterocycles. The first kappa shape index (κ1) is 54.0. The molecule has 3 spiro atoms. The summed E-state index contributed by atoms with van der Waals surface area (Å²) in [6.45, 7) is 17.1. The number of carbonyl (C=O) groups excluding carboxylic acids is 1. The second-order valence-electron chi connectivity index (χ2n) is 28.1. The lowest BCUT2D eigenvalue weighted by Gasteiger charge is -2.51. The predicted octanol–water partition coefficient (Wildman–Crippen LogP) is 4.66. The third-order valence-electron chi connectivity index (χ3n) is 22.4. The summed E-state index contributed by atoms with van der Waals surface area (Å²) in [6.07, 6.45) is 1.49. The van der Waals surface area contributed by atoms with Crippen molar-refractivity contribution < 1.29 is 91.5 Å². The van der Waals surface area contributed by atoms with Gasteiger partial charge >= 0.3 is 5.97 Å². The minimum atomic E-state index is -1.26. The van der Waals surface area contributed by atoms with Crippen molar-refractivity contribution in [1.82, 2.24) is 0 Å². The highest BCUT2D eigenvalue weighted by Crippen LogP contribution is 2.61. The van der Waals surface area contributed by atoms with E-state index in [0.29, 0.717) is 70.6 Å². The van der Waals surface area contributed by atoms with Gasteiger partial charge in [0, 0.05) is 70.1 Å². The average Bonchev–Trinajstić information content (AvgIpc) is 4.02. The first-order chi connectivity index (χ1) is 37.8. The van der Waals surface area contributed by atoms with Gasteiger partial charge in [0.15, 0.2) is 17.4 Å². The predicted molar refractivity (Wildman–Crippen MR) is 274 cm³/mol. The highest BCUT2D eigenvalue weighted by molar-refractivity contribution is 5.70. The molecule has 15 aliphatic heterocycles. The van der Waals surface area contributed by atoms with Gasteiger partial charge in [-0.1, -0.05) is 33.9 Å². The molecular formula is C60H86O19. The van der Waals surface area contributed by atoms with E-state index in [-0.39, 0.29) is 116 Å². The van der Waals surface area contributed by atoms with Gasteiger partial charge in [-0.2, -0.15) is 0 Å². The minimum absolute atomic E-state index is 0.0175. The molecule has 16 rings (SSSR count). The number of esters is 1. The Labute approximate surface area is 463 Å². The van der Waals surface area contributed by atoms with Crippen LogP contribution in [0.15, 0.2) is 24.3 Å². The zero-order chi connectivity index (χ0) is 54.3. The summed E-state index contributed by atoms with van der Waals surface area (Å²) in [5.41, 5.74) is 0.394. The van der Waals surface area contributed by atoms with Gasteiger partial charge in [0.1, 0.15) is 36.1 Å². The van der Waals surface area contributed by atoms with E-state index in [1.165, 1.54) is 0 Å². The van der Waals surface area contributed by atoms with E-state index in [4.69, 9.17) is 66.3 Å². The molecular weight excluding hydrogens is 1020 g/mol. The summed E-state index contributed by atoms with van der Waals surface area (Å²) in [4.78, 5) is 14.6. The Balaban J connectivity index is 0.665. The number of rotatable bonds is 4. The Hall–Kier alpha value is -1.73. The number of hydrogen-bond acceptors (Lipinski definition) is 19. The Morgan fingerprint density at radius 3 is 2.18 bits per heavy atom. The van der Waals surface area contributed by atoms with Crippen LogP contribution in [0.1, 0.15) is 150 Å². The smallest absolute Gasteiger partial charge is 0.308 e. The van der Waals surface area contributed by atoms with Crippen LogP contribution < -0.4 is 0 Å². The Kier molecular flexibility index (Phi) is 13.2. The molecule has 0 aromatic heterocycles. The van der Waals surface area contributed by atoms with Crippen LogP contribution in [0.2, 0.25) is 0 Å². The number of aliphatic hydroxyl groups excluding tert-OH is 3.